The van der Waals surface area contributed by atoms with Crippen molar-refractivity contribution in [2.24, 2.45) is 0 Å². The average Bonchev–Trinajstić information content (AvgIpc) is 3.08. The van der Waals surface area contributed by atoms with Crippen molar-refractivity contribution < 1.29 is 23.8 Å². The van der Waals surface area contributed by atoms with Crippen molar-refractivity contribution >= 4 is 28.8 Å². The lowest BCUT2D eigenvalue weighted by Gasteiger charge is -2.16. The third kappa shape index (κ3) is 3.76. The summed E-state index contributed by atoms with van der Waals surface area (Å²) in [6.45, 7) is 0. The Bertz CT molecular complexity index is 1200. The van der Waals surface area contributed by atoms with Crippen LogP contribution < -0.4 is 24.4 Å². The number of carbonyl (C=O) groups excluding carboxylic acids is 2. The predicted molar refractivity (Wildman–Crippen MR) is 122 cm³/mol. The molecule has 0 saturated carbocycles. The number of para-hydroxylation sites is 1. The Balaban J connectivity index is 1.83. The van der Waals surface area contributed by atoms with Crippen LogP contribution in [0.4, 0.5) is 11.4 Å². The summed E-state index contributed by atoms with van der Waals surface area (Å²) >= 11 is 0. The zero-order valence-electron chi connectivity index (χ0n) is 17.9. The van der Waals surface area contributed by atoms with E-state index in [0.29, 0.717) is 34.2 Å². The van der Waals surface area contributed by atoms with Gasteiger partial charge in [-0.05, 0) is 42.5 Å². The van der Waals surface area contributed by atoms with E-state index in [1.54, 1.807) is 79.9 Å². The highest BCUT2D eigenvalue weighted by Crippen LogP contribution is 2.38. The van der Waals surface area contributed by atoms with Crippen molar-refractivity contribution in [3.05, 3.63) is 84.1 Å². The van der Waals surface area contributed by atoms with E-state index in [1.807, 2.05) is 0 Å². The van der Waals surface area contributed by atoms with Gasteiger partial charge in [0, 0.05) is 17.3 Å². The fourth-order valence-corrected chi connectivity index (χ4v) is 3.55. The van der Waals surface area contributed by atoms with E-state index >= 15 is 0 Å². The summed E-state index contributed by atoms with van der Waals surface area (Å²) in [6.07, 6.45) is 0. The van der Waals surface area contributed by atoms with E-state index < -0.39 is 11.8 Å². The molecule has 1 aliphatic rings. The predicted octanol–water partition coefficient (Wildman–Crippen LogP) is 4.11. The summed E-state index contributed by atoms with van der Waals surface area (Å²) in [7, 11) is 4.63. The molecular formula is C25H22N2O5. The lowest BCUT2D eigenvalue weighted by atomic mass is 10.0. The molecule has 0 atom stereocenters. The van der Waals surface area contributed by atoms with Crippen LogP contribution in [-0.4, -0.2) is 33.1 Å². The van der Waals surface area contributed by atoms with Crippen molar-refractivity contribution in [2.75, 3.05) is 31.5 Å². The highest BCUT2D eigenvalue weighted by molar-refractivity contribution is 6.46. The van der Waals surface area contributed by atoms with E-state index in [-0.39, 0.29) is 11.3 Å². The smallest absolute Gasteiger partial charge is 0.282 e. The molecule has 7 heteroatoms. The molecule has 0 aliphatic carbocycles. The van der Waals surface area contributed by atoms with Gasteiger partial charge in [0.05, 0.1) is 32.6 Å². The highest BCUT2D eigenvalue weighted by atomic mass is 16.5. The fourth-order valence-electron chi connectivity index (χ4n) is 3.55. The fraction of sp³-hybridized carbons (Fsp3) is 0.120. The maximum Gasteiger partial charge on any atom is 0.282 e. The van der Waals surface area contributed by atoms with Crippen LogP contribution in [0.15, 0.2) is 78.5 Å². The maximum atomic E-state index is 13.6. The van der Waals surface area contributed by atoms with E-state index in [4.69, 9.17) is 14.2 Å². The lowest BCUT2D eigenvalue weighted by molar-refractivity contribution is -0.120. The second kappa shape index (κ2) is 8.85. The van der Waals surface area contributed by atoms with Gasteiger partial charge in [-0.15, -0.1) is 0 Å². The first kappa shape index (κ1) is 21.0. The molecule has 0 bridgehead atoms. The first-order chi connectivity index (χ1) is 15.6. The Labute approximate surface area is 185 Å². The quantitative estimate of drug-likeness (QED) is 0.569. The van der Waals surface area contributed by atoms with Crippen LogP contribution in [0.25, 0.3) is 5.57 Å². The molecule has 0 saturated heterocycles. The van der Waals surface area contributed by atoms with Gasteiger partial charge in [-0.3, -0.25) is 9.59 Å². The lowest BCUT2D eigenvalue weighted by Crippen LogP contribution is -2.32. The number of methoxy groups -OCH3 is 3. The van der Waals surface area contributed by atoms with E-state index in [2.05, 4.69) is 5.32 Å². The van der Waals surface area contributed by atoms with Crippen LogP contribution in [0.3, 0.4) is 0 Å². The molecule has 7 nitrogen and oxygen atoms in total. The van der Waals surface area contributed by atoms with Gasteiger partial charge in [-0.1, -0.05) is 24.3 Å². The van der Waals surface area contributed by atoms with Gasteiger partial charge >= 0.3 is 0 Å². The summed E-state index contributed by atoms with van der Waals surface area (Å²) in [4.78, 5) is 28.2. The van der Waals surface area contributed by atoms with Crippen LogP contribution in [0.5, 0.6) is 17.2 Å². The van der Waals surface area contributed by atoms with Crippen molar-refractivity contribution in [1.29, 1.82) is 0 Å². The summed E-state index contributed by atoms with van der Waals surface area (Å²) < 4.78 is 15.9. The third-order valence-corrected chi connectivity index (χ3v) is 5.13. The maximum absolute atomic E-state index is 13.6. The number of anilines is 2. The summed E-state index contributed by atoms with van der Waals surface area (Å²) in [5.74, 6) is 0.786. The molecule has 32 heavy (non-hydrogen) atoms. The first-order valence-corrected chi connectivity index (χ1v) is 9.89. The molecule has 0 fully saturated rings. The molecule has 162 valence electrons. The minimum absolute atomic E-state index is 0.160. The Morgan fingerprint density at radius 3 is 2.12 bits per heavy atom. The number of imide groups is 1. The first-order valence-electron chi connectivity index (χ1n) is 9.89. The zero-order chi connectivity index (χ0) is 22.7. The van der Waals surface area contributed by atoms with Gasteiger partial charge in [0.25, 0.3) is 11.8 Å². The Hall–Kier alpha value is -4.26. The SMILES string of the molecule is COc1ccc(NC2=C(c3ccccc3OC)C(=O)N(c3cccc(OC)c3)C2=O)cc1. The Kier molecular flexibility index (Phi) is 5.81. The third-order valence-electron chi connectivity index (χ3n) is 5.13. The topological polar surface area (TPSA) is 77.1 Å². The van der Waals surface area contributed by atoms with Crippen LogP contribution in [0.1, 0.15) is 5.56 Å². The number of benzene rings is 3. The van der Waals surface area contributed by atoms with Gasteiger partial charge < -0.3 is 19.5 Å². The summed E-state index contributed by atoms with van der Waals surface area (Å²) in [5.41, 5.74) is 1.97. The molecule has 0 spiro atoms. The number of ether oxygens (including phenoxy) is 3. The molecular weight excluding hydrogens is 408 g/mol. The monoisotopic (exact) mass is 430 g/mol. The molecule has 3 aromatic rings. The molecule has 1 heterocycles. The number of amides is 2. The molecule has 0 aromatic heterocycles. The van der Waals surface area contributed by atoms with E-state index in [9.17, 15) is 9.59 Å². The van der Waals surface area contributed by atoms with E-state index in [1.165, 1.54) is 14.2 Å². The molecule has 1 aliphatic heterocycles. The average molecular weight is 430 g/mol. The normalized spacial score (nSPS) is 13.4. The van der Waals surface area contributed by atoms with Crippen molar-refractivity contribution in [3.63, 3.8) is 0 Å². The highest BCUT2D eigenvalue weighted by Gasteiger charge is 2.41. The minimum Gasteiger partial charge on any atom is -0.497 e. The molecule has 3 aromatic carbocycles. The van der Waals surface area contributed by atoms with Gasteiger partial charge in [0.1, 0.15) is 22.9 Å². The molecule has 1 N–H and O–H groups in total. The molecule has 0 unspecified atom stereocenters. The second-order valence-electron chi connectivity index (χ2n) is 6.95. The largest absolute Gasteiger partial charge is 0.497 e. The van der Waals surface area contributed by atoms with Gasteiger partial charge in [-0.2, -0.15) is 0 Å². The summed E-state index contributed by atoms with van der Waals surface area (Å²) in [6, 6.07) is 21.0. The number of hydrogen-bond donors (Lipinski definition) is 1. The van der Waals surface area contributed by atoms with Crippen LogP contribution >= 0.6 is 0 Å². The number of carbonyl (C=O) groups is 2. The Morgan fingerprint density at radius 1 is 0.719 bits per heavy atom. The number of hydrogen-bond acceptors (Lipinski definition) is 6. The standard InChI is InChI=1S/C25H22N2O5/c1-30-18-13-11-16(12-14-18)26-23-22(20-9-4-5-10-21(20)32-3)24(28)27(25(23)29)17-7-6-8-19(15-17)31-2/h4-15,26H,1-3H3. The van der Waals surface area contributed by atoms with Crippen LogP contribution in [0, 0.1) is 0 Å². The number of rotatable bonds is 7. The molecule has 4 rings (SSSR count). The second-order valence-corrected chi connectivity index (χ2v) is 6.95. The van der Waals surface area contributed by atoms with Crippen LogP contribution in [0.2, 0.25) is 0 Å². The Morgan fingerprint density at radius 2 is 1.44 bits per heavy atom. The van der Waals surface area contributed by atoms with Gasteiger partial charge in [-0.25, -0.2) is 4.90 Å². The number of nitrogens with zero attached hydrogens (tertiary/aromatic N) is 1. The molecule has 2 amide bonds. The van der Waals surface area contributed by atoms with Crippen molar-refractivity contribution in [3.8, 4) is 17.2 Å². The summed E-state index contributed by atoms with van der Waals surface area (Å²) in [5, 5.41) is 3.13. The van der Waals surface area contributed by atoms with E-state index in [0.717, 1.165) is 4.90 Å². The number of nitrogens with one attached hydrogen (secondary N) is 1. The van der Waals surface area contributed by atoms with Gasteiger partial charge in [0.15, 0.2) is 0 Å². The van der Waals surface area contributed by atoms with Crippen molar-refractivity contribution in [2.45, 2.75) is 0 Å². The van der Waals surface area contributed by atoms with Gasteiger partial charge in [0.2, 0.25) is 0 Å². The van der Waals surface area contributed by atoms with Crippen LogP contribution in [-0.2, 0) is 9.59 Å². The molecule has 0 radical (unpaired) electrons. The minimum atomic E-state index is -0.472. The van der Waals surface area contributed by atoms with Crippen molar-refractivity contribution in [1.82, 2.24) is 0 Å². The zero-order valence-corrected chi connectivity index (χ0v) is 17.9.